The van der Waals surface area contributed by atoms with Crippen molar-refractivity contribution in [2.24, 2.45) is 0 Å². The second-order valence-electron chi connectivity index (χ2n) is 3.19. The first-order chi connectivity index (χ1) is 6.91. The summed E-state index contributed by atoms with van der Waals surface area (Å²) in [6.45, 7) is 1.66. The van der Waals surface area contributed by atoms with Crippen molar-refractivity contribution in [3.05, 3.63) is 29.1 Å². The summed E-state index contributed by atoms with van der Waals surface area (Å²) in [5.41, 5.74) is 0.343. The summed E-state index contributed by atoms with van der Waals surface area (Å²) in [7, 11) is -3.58. The number of halogens is 1. The maximum Gasteiger partial charge on any atom is 0.178 e. The van der Waals surface area contributed by atoms with Crippen molar-refractivity contribution in [3.63, 3.8) is 0 Å². The van der Waals surface area contributed by atoms with Crippen LogP contribution >= 0.6 is 0 Å². The van der Waals surface area contributed by atoms with Crippen LogP contribution in [0.25, 0.3) is 0 Å². The summed E-state index contributed by atoms with van der Waals surface area (Å²) in [5, 5.41) is 0. The molecule has 5 heteroatoms. The van der Waals surface area contributed by atoms with Gasteiger partial charge in [-0.05, 0) is 24.1 Å². The molecule has 0 aliphatic rings. The molecule has 1 aromatic rings. The Bertz CT molecular complexity index is 492. The SMILES string of the molecule is CCc1c(C=O)ccc(S(C)(=O)=O)c1F. The van der Waals surface area contributed by atoms with Crippen LogP contribution in [0.5, 0.6) is 0 Å². The van der Waals surface area contributed by atoms with Gasteiger partial charge in [0.2, 0.25) is 0 Å². The van der Waals surface area contributed by atoms with Crippen LogP contribution < -0.4 is 0 Å². The number of benzene rings is 1. The molecule has 0 unspecified atom stereocenters. The van der Waals surface area contributed by atoms with Gasteiger partial charge in [0.05, 0.1) is 0 Å². The molecule has 0 aromatic heterocycles. The van der Waals surface area contributed by atoms with Crippen molar-refractivity contribution >= 4 is 16.1 Å². The second-order valence-corrected chi connectivity index (χ2v) is 5.17. The fourth-order valence-corrected chi connectivity index (χ4v) is 2.13. The zero-order chi connectivity index (χ0) is 11.6. The molecule has 0 N–H and O–H groups in total. The van der Waals surface area contributed by atoms with Crippen LogP contribution in [-0.4, -0.2) is 21.0 Å². The minimum absolute atomic E-state index is 0.146. The molecule has 0 bridgehead atoms. The second kappa shape index (κ2) is 4.10. The van der Waals surface area contributed by atoms with Crippen molar-refractivity contribution in [2.75, 3.05) is 6.26 Å². The van der Waals surface area contributed by atoms with Crippen LogP contribution in [0.15, 0.2) is 17.0 Å². The molecule has 0 aliphatic heterocycles. The minimum atomic E-state index is -3.58. The average molecular weight is 230 g/mol. The Morgan fingerprint density at radius 2 is 2.00 bits per heavy atom. The largest absolute Gasteiger partial charge is 0.298 e. The van der Waals surface area contributed by atoms with Gasteiger partial charge in [0.1, 0.15) is 17.0 Å². The average Bonchev–Trinajstić information content (AvgIpc) is 2.15. The lowest BCUT2D eigenvalue weighted by atomic mass is 10.1. The van der Waals surface area contributed by atoms with E-state index in [0.29, 0.717) is 6.29 Å². The number of carbonyl (C=O) groups excluding carboxylic acids is 1. The van der Waals surface area contributed by atoms with Crippen LogP contribution in [0, 0.1) is 5.82 Å². The van der Waals surface area contributed by atoms with Gasteiger partial charge in [-0.1, -0.05) is 6.92 Å². The zero-order valence-electron chi connectivity index (χ0n) is 8.45. The predicted octanol–water partition coefficient (Wildman–Crippen LogP) is 1.60. The summed E-state index contributed by atoms with van der Waals surface area (Å²) in [6.07, 6.45) is 1.74. The van der Waals surface area contributed by atoms with E-state index >= 15 is 0 Å². The maximum absolute atomic E-state index is 13.7. The molecule has 0 saturated heterocycles. The van der Waals surface area contributed by atoms with Crippen LogP contribution in [0.2, 0.25) is 0 Å². The fraction of sp³-hybridized carbons (Fsp3) is 0.300. The highest BCUT2D eigenvalue weighted by Gasteiger charge is 2.18. The van der Waals surface area contributed by atoms with E-state index in [0.717, 1.165) is 12.3 Å². The van der Waals surface area contributed by atoms with E-state index in [1.165, 1.54) is 6.07 Å². The van der Waals surface area contributed by atoms with Crippen molar-refractivity contribution in [1.29, 1.82) is 0 Å². The molecule has 0 saturated carbocycles. The topological polar surface area (TPSA) is 51.2 Å². The molecule has 0 spiro atoms. The van der Waals surface area contributed by atoms with Gasteiger partial charge in [0, 0.05) is 11.8 Å². The zero-order valence-corrected chi connectivity index (χ0v) is 9.27. The van der Waals surface area contributed by atoms with Crippen molar-refractivity contribution in [3.8, 4) is 0 Å². The molecule has 0 radical (unpaired) electrons. The molecule has 0 amide bonds. The molecule has 1 rings (SSSR count). The van der Waals surface area contributed by atoms with Gasteiger partial charge in [-0.3, -0.25) is 4.79 Å². The summed E-state index contributed by atoms with van der Waals surface area (Å²) < 4.78 is 36.1. The third kappa shape index (κ3) is 2.23. The normalized spacial score (nSPS) is 11.4. The van der Waals surface area contributed by atoms with Crippen LogP contribution in [0.3, 0.4) is 0 Å². The predicted molar refractivity (Wildman–Crippen MR) is 54.3 cm³/mol. The summed E-state index contributed by atoms with van der Waals surface area (Å²) in [4.78, 5) is 10.2. The van der Waals surface area contributed by atoms with Crippen molar-refractivity contribution in [1.82, 2.24) is 0 Å². The summed E-state index contributed by atoms with van der Waals surface area (Å²) >= 11 is 0. The lowest BCUT2D eigenvalue weighted by Gasteiger charge is -2.07. The molecule has 0 fully saturated rings. The Labute approximate surface area is 87.8 Å². The first kappa shape index (κ1) is 11.8. The van der Waals surface area contributed by atoms with Crippen LogP contribution in [0.1, 0.15) is 22.8 Å². The van der Waals surface area contributed by atoms with E-state index in [9.17, 15) is 17.6 Å². The number of hydrogen-bond donors (Lipinski definition) is 0. The highest BCUT2D eigenvalue weighted by atomic mass is 32.2. The molecule has 1 aromatic carbocycles. The smallest absolute Gasteiger partial charge is 0.178 e. The van der Waals surface area contributed by atoms with Gasteiger partial charge >= 0.3 is 0 Å². The van der Waals surface area contributed by atoms with Gasteiger partial charge < -0.3 is 0 Å². The third-order valence-electron chi connectivity index (χ3n) is 2.12. The number of aldehydes is 1. The highest BCUT2D eigenvalue weighted by molar-refractivity contribution is 7.90. The number of carbonyl (C=O) groups is 1. The van der Waals surface area contributed by atoms with Gasteiger partial charge in [0.25, 0.3) is 0 Å². The Balaban J connectivity index is 3.56. The molecule has 0 heterocycles. The van der Waals surface area contributed by atoms with Crippen LogP contribution in [0.4, 0.5) is 4.39 Å². The standard InChI is InChI=1S/C10H11FO3S/c1-3-8-7(6-12)4-5-9(10(8)11)15(2,13)14/h4-6H,3H2,1-2H3. The third-order valence-corrected chi connectivity index (χ3v) is 3.24. The molecule has 0 aliphatic carbocycles. The van der Waals surface area contributed by atoms with Crippen molar-refractivity contribution in [2.45, 2.75) is 18.2 Å². The molecule has 3 nitrogen and oxygen atoms in total. The summed E-state index contributed by atoms with van der Waals surface area (Å²) in [5.74, 6) is -0.815. The lowest BCUT2D eigenvalue weighted by Crippen LogP contribution is -2.06. The van der Waals surface area contributed by atoms with E-state index in [-0.39, 0.29) is 22.4 Å². The van der Waals surface area contributed by atoms with E-state index in [1.807, 2.05) is 0 Å². The quantitative estimate of drug-likeness (QED) is 0.741. The fourth-order valence-electron chi connectivity index (χ4n) is 1.37. The number of hydrogen-bond acceptors (Lipinski definition) is 3. The summed E-state index contributed by atoms with van der Waals surface area (Å²) in [6, 6.07) is 2.44. The number of sulfone groups is 1. The van der Waals surface area contributed by atoms with E-state index in [1.54, 1.807) is 6.92 Å². The molecule has 15 heavy (non-hydrogen) atoms. The molecular weight excluding hydrogens is 219 g/mol. The Morgan fingerprint density at radius 1 is 1.40 bits per heavy atom. The van der Waals surface area contributed by atoms with Gasteiger partial charge in [-0.25, -0.2) is 12.8 Å². The van der Waals surface area contributed by atoms with E-state index < -0.39 is 15.7 Å². The maximum atomic E-state index is 13.7. The lowest BCUT2D eigenvalue weighted by molar-refractivity contribution is 0.112. The molecular formula is C10H11FO3S. The Kier molecular flexibility index (Phi) is 3.24. The monoisotopic (exact) mass is 230 g/mol. The first-order valence-electron chi connectivity index (χ1n) is 4.38. The van der Waals surface area contributed by atoms with E-state index in [4.69, 9.17) is 0 Å². The molecule has 0 atom stereocenters. The highest BCUT2D eigenvalue weighted by Crippen LogP contribution is 2.21. The molecule has 82 valence electrons. The van der Waals surface area contributed by atoms with Crippen molar-refractivity contribution < 1.29 is 17.6 Å². The van der Waals surface area contributed by atoms with Gasteiger partial charge in [-0.2, -0.15) is 0 Å². The van der Waals surface area contributed by atoms with Gasteiger partial charge in [0.15, 0.2) is 9.84 Å². The first-order valence-corrected chi connectivity index (χ1v) is 6.27. The Hall–Kier alpha value is -1.23. The minimum Gasteiger partial charge on any atom is -0.298 e. The van der Waals surface area contributed by atoms with Gasteiger partial charge in [-0.15, -0.1) is 0 Å². The Morgan fingerprint density at radius 3 is 2.40 bits per heavy atom. The number of rotatable bonds is 3. The van der Waals surface area contributed by atoms with Crippen LogP contribution in [-0.2, 0) is 16.3 Å². The van der Waals surface area contributed by atoms with E-state index in [2.05, 4.69) is 0 Å².